The number of rotatable bonds is 6. The molecular formula is C15H21N3O3. The van der Waals surface area contributed by atoms with E-state index in [9.17, 15) is 5.11 Å². The van der Waals surface area contributed by atoms with E-state index in [-0.39, 0.29) is 6.61 Å². The van der Waals surface area contributed by atoms with Crippen LogP contribution in [0.5, 0.6) is 0 Å². The number of aliphatic hydroxyl groups is 1. The molecule has 1 fully saturated rings. The van der Waals surface area contributed by atoms with Crippen molar-refractivity contribution >= 4 is 0 Å². The third kappa shape index (κ3) is 3.51. The minimum atomic E-state index is 0.148. The van der Waals surface area contributed by atoms with Crippen molar-refractivity contribution < 1.29 is 13.9 Å². The van der Waals surface area contributed by atoms with Crippen LogP contribution in [0.1, 0.15) is 38.0 Å². The minimum Gasteiger partial charge on any atom is -0.459 e. The van der Waals surface area contributed by atoms with Crippen LogP contribution in [0.15, 0.2) is 27.2 Å². The summed E-state index contributed by atoms with van der Waals surface area (Å²) in [6.45, 7) is 1.37. The van der Waals surface area contributed by atoms with Gasteiger partial charge in [-0.15, -0.1) is 10.2 Å². The molecule has 3 rings (SSSR count). The highest BCUT2D eigenvalue weighted by Crippen LogP contribution is 2.24. The molecule has 1 aliphatic rings. The van der Waals surface area contributed by atoms with Crippen LogP contribution in [0.4, 0.5) is 0 Å². The van der Waals surface area contributed by atoms with Crippen LogP contribution in [-0.2, 0) is 6.54 Å². The molecule has 0 bridgehead atoms. The SMILES string of the molecule is OCCN(Cc1nnc(-c2ccco2)o1)C1CCCCC1. The van der Waals surface area contributed by atoms with Crippen LogP contribution in [0.2, 0.25) is 0 Å². The molecule has 2 aromatic heterocycles. The van der Waals surface area contributed by atoms with Crippen LogP contribution in [0.25, 0.3) is 11.7 Å². The second-order valence-corrected chi connectivity index (χ2v) is 5.46. The third-order valence-electron chi connectivity index (χ3n) is 4.02. The Hall–Kier alpha value is -1.66. The fourth-order valence-corrected chi connectivity index (χ4v) is 2.96. The van der Waals surface area contributed by atoms with E-state index in [0.29, 0.717) is 36.7 Å². The highest BCUT2D eigenvalue weighted by atomic mass is 16.4. The maximum Gasteiger partial charge on any atom is 0.283 e. The Balaban J connectivity index is 1.67. The second-order valence-electron chi connectivity index (χ2n) is 5.46. The van der Waals surface area contributed by atoms with Gasteiger partial charge < -0.3 is 13.9 Å². The number of aromatic nitrogens is 2. The molecule has 1 aliphatic carbocycles. The number of hydrogen-bond donors (Lipinski definition) is 1. The molecule has 0 aliphatic heterocycles. The standard InChI is InChI=1S/C15H21N3O3/c19-9-8-18(12-5-2-1-3-6-12)11-14-16-17-15(21-14)13-7-4-10-20-13/h4,7,10,12,19H,1-3,5-6,8-9,11H2. The highest BCUT2D eigenvalue weighted by Gasteiger charge is 2.23. The van der Waals surface area contributed by atoms with E-state index in [4.69, 9.17) is 8.83 Å². The number of furan rings is 1. The van der Waals surface area contributed by atoms with E-state index in [2.05, 4.69) is 15.1 Å². The zero-order chi connectivity index (χ0) is 14.5. The van der Waals surface area contributed by atoms with Crippen molar-refractivity contribution in [2.75, 3.05) is 13.2 Å². The largest absolute Gasteiger partial charge is 0.459 e. The normalized spacial score (nSPS) is 16.7. The van der Waals surface area contributed by atoms with Crippen LogP contribution in [-0.4, -0.2) is 39.4 Å². The molecule has 6 nitrogen and oxygen atoms in total. The molecule has 0 amide bonds. The Morgan fingerprint density at radius 2 is 2.10 bits per heavy atom. The summed E-state index contributed by atoms with van der Waals surface area (Å²) >= 11 is 0. The first-order valence-electron chi connectivity index (χ1n) is 7.58. The summed E-state index contributed by atoms with van der Waals surface area (Å²) in [6.07, 6.45) is 7.77. The lowest BCUT2D eigenvalue weighted by Crippen LogP contribution is -2.38. The predicted octanol–water partition coefficient (Wildman–Crippen LogP) is 2.46. The number of nitrogens with zero attached hydrogens (tertiary/aromatic N) is 3. The first-order chi connectivity index (χ1) is 10.4. The Labute approximate surface area is 123 Å². The summed E-state index contributed by atoms with van der Waals surface area (Å²) in [5, 5.41) is 17.4. The molecule has 0 unspecified atom stereocenters. The van der Waals surface area contributed by atoms with Gasteiger partial charge in [-0.2, -0.15) is 0 Å². The molecule has 21 heavy (non-hydrogen) atoms. The average Bonchev–Trinajstić information content (AvgIpc) is 3.19. The average molecular weight is 291 g/mol. The van der Waals surface area contributed by atoms with Crippen LogP contribution in [0, 0.1) is 0 Å². The monoisotopic (exact) mass is 291 g/mol. The lowest BCUT2D eigenvalue weighted by atomic mass is 9.94. The van der Waals surface area contributed by atoms with Gasteiger partial charge in [0.05, 0.1) is 19.4 Å². The Morgan fingerprint density at radius 3 is 2.81 bits per heavy atom. The van der Waals surface area contributed by atoms with E-state index in [1.165, 1.54) is 32.1 Å². The van der Waals surface area contributed by atoms with E-state index in [0.717, 1.165) is 0 Å². The van der Waals surface area contributed by atoms with Crippen LogP contribution in [0.3, 0.4) is 0 Å². The molecule has 2 aromatic rings. The second kappa shape index (κ2) is 6.87. The molecule has 0 atom stereocenters. The maximum absolute atomic E-state index is 9.28. The van der Waals surface area contributed by atoms with Gasteiger partial charge >= 0.3 is 0 Å². The molecule has 114 valence electrons. The number of aliphatic hydroxyl groups excluding tert-OH is 1. The Bertz CT molecular complexity index is 532. The number of hydrogen-bond acceptors (Lipinski definition) is 6. The summed E-state index contributed by atoms with van der Waals surface area (Å²) in [6, 6.07) is 4.09. The van der Waals surface area contributed by atoms with Crippen LogP contribution < -0.4 is 0 Å². The van der Waals surface area contributed by atoms with E-state index >= 15 is 0 Å². The van der Waals surface area contributed by atoms with E-state index in [1.54, 1.807) is 18.4 Å². The van der Waals surface area contributed by atoms with Crippen LogP contribution >= 0.6 is 0 Å². The Kier molecular flexibility index (Phi) is 4.67. The lowest BCUT2D eigenvalue weighted by molar-refractivity contribution is 0.108. The van der Waals surface area contributed by atoms with E-state index in [1.807, 2.05) is 0 Å². The molecule has 0 aromatic carbocycles. The third-order valence-corrected chi connectivity index (χ3v) is 4.02. The summed E-state index contributed by atoms with van der Waals surface area (Å²) in [4.78, 5) is 2.25. The van der Waals surface area contributed by atoms with Gasteiger partial charge in [0.1, 0.15) is 0 Å². The quantitative estimate of drug-likeness (QED) is 0.881. The smallest absolute Gasteiger partial charge is 0.283 e. The van der Waals surface area contributed by atoms with Crippen molar-refractivity contribution in [3.8, 4) is 11.7 Å². The molecule has 0 saturated heterocycles. The van der Waals surface area contributed by atoms with Gasteiger partial charge in [0.25, 0.3) is 5.89 Å². The summed E-state index contributed by atoms with van der Waals surface area (Å²) in [7, 11) is 0. The summed E-state index contributed by atoms with van der Waals surface area (Å²) < 4.78 is 10.9. The van der Waals surface area contributed by atoms with Gasteiger partial charge in [0.2, 0.25) is 5.89 Å². The predicted molar refractivity (Wildman–Crippen MR) is 76.4 cm³/mol. The van der Waals surface area contributed by atoms with Crippen molar-refractivity contribution in [3.63, 3.8) is 0 Å². The van der Waals surface area contributed by atoms with Gasteiger partial charge in [0, 0.05) is 12.6 Å². The van der Waals surface area contributed by atoms with Gasteiger partial charge in [-0.05, 0) is 25.0 Å². The molecule has 2 heterocycles. The molecule has 1 N–H and O–H groups in total. The van der Waals surface area contributed by atoms with Crippen molar-refractivity contribution in [1.82, 2.24) is 15.1 Å². The lowest BCUT2D eigenvalue weighted by Gasteiger charge is -2.32. The van der Waals surface area contributed by atoms with Crippen molar-refractivity contribution in [1.29, 1.82) is 0 Å². The maximum atomic E-state index is 9.28. The van der Waals surface area contributed by atoms with Gasteiger partial charge in [-0.1, -0.05) is 19.3 Å². The minimum absolute atomic E-state index is 0.148. The van der Waals surface area contributed by atoms with Gasteiger partial charge in [0.15, 0.2) is 5.76 Å². The van der Waals surface area contributed by atoms with Crippen molar-refractivity contribution in [2.45, 2.75) is 44.7 Å². The van der Waals surface area contributed by atoms with Gasteiger partial charge in [-0.25, -0.2) is 0 Å². The zero-order valence-electron chi connectivity index (χ0n) is 12.1. The summed E-state index contributed by atoms with van der Waals surface area (Å²) in [5.74, 6) is 1.56. The molecule has 6 heteroatoms. The molecule has 1 saturated carbocycles. The Morgan fingerprint density at radius 1 is 1.24 bits per heavy atom. The molecular weight excluding hydrogens is 270 g/mol. The summed E-state index contributed by atoms with van der Waals surface area (Å²) in [5.41, 5.74) is 0. The first kappa shape index (κ1) is 14.3. The van der Waals surface area contributed by atoms with E-state index < -0.39 is 0 Å². The highest BCUT2D eigenvalue weighted by molar-refractivity contribution is 5.42. The van der Waals surface area contributed by atoms with Crippen molar-refractivity contribution in [2.24, 2.45) is 0 Å². The van der Waals surface area contributed by atoms with Gasteiger partial charge in [-0.3, -0.25) is 4.90 Å². The fraction of sp³-hybridized carbons (Fsp3) is 0.600. The molecule has 0 spiro atoms. The topological polar surface area (TPSA) is 75.5 Å². The first-order valence-corrected chi connectivity index (χ1v) is 7.58. The molecule has 0 radical (unpaired) electrons. The fourth-order valence-electron chi connectivity index (χ4n) is 2.96. The zero-order valence-corrected chi connectivity index (χ0v) is 12.1. The van der Waals surface area contributed by atoms with Crippen molar-refractivity contribution in [3.05, 3.63) is 24.3 Å².